The van der Waals surface area contributed by atoms with Crippen LogP contribution in [0.25, 0.3) is 0 Å². The van der Waals surface area contributed by atoms with E-state index in [1.165, 1.54) is 17.0 Å². The van der Waals surface area contributed by atoms with Gasteiger partial charge in [-0.1, -0.05) is 30.3 Å². The molecule has 2 aromatic rings. The van der Waals surface area contributed by atoms with Gasteiger partial charge in [0.2, 0.25) is 0 Å². The van der Waals surface area contributed by atoms with Crippen LogP contribution in [0.5, 0.6) is 0 Å². The summed E-state index contributed by atoms with van der Waals surface area (Å²) in [5.41, 5.74) is 0.0445. The van der Waals surface area contributed by atoms with Crippen molar-refractivity contribution in [1.82, 2.24) is 0 Å². The number of esters is 1. The number of carboxylic acid groups (broad SMARTS) is 1. The molecule has 1 aliphatic heterocycles. The van der Waals surface area contributed by atoms with Crippen molar-refractivity contribution in [3.63, 3.8) is 0 Å². The maximum Gasteiger partial charge on any atom is 0.336 e. The molecule has 2 N–H and O–H groups in total. The van der Waals surface area contributed by atoms with Crippen LogP contribution in [0.15, 0.2) is 66.4 Å². The number of para-hydroxylation sites is 1. The average molecular weight is 380 g/mol. The molecule has 1 amide bonds. The van der Waals surface area contributed by atoms with Crippen LogP contribution in [0.4, 0.5) is 11.4 Å². The molecule has 0 aliphatic carbocycles. The van der Waals surface area contributed by atoms with E-state index in [1.807, 2.05) is 6.07 Å². The molecule has 3 rings (SSSR count). The number of carbonyl (C=O) groups excluding carboxylic acids is 3. The molecule has 1 atom stereocenters. The molecule has 0 saturated heterocycles. The molecule has 1 heterocycles. The van der Waals surface area contributed by atoms with Gasteiger partial charge in [-0.2, -0.15) is 0 Å². The number of nitrogens with two attached hydrogens (primary N) is 1. The summed E-state index contributed by atoms with van der Waals surface area (Å²) in [6, 6.07) is 14.9. The largest absolute Gasteiger partial charge is 0.545 e. The van der Waals surface area contributed by atoms with Crippen LogP contribution in [-0.2, 0) is 14.3 Å². The van der Waals surface area contributed by atoms with Crippen molar-refractivity contribution in [3.8, 4) is 0 Å². The first-order chi connectivity index (χ1) is 13.4. The van der Waals surface area contributed by atoms with E-state index in [9.17, 15) is 19.5 Å². The number of aromatic carboxylic acids is 1. The number of quaternary nitrogens is 1. The van der Waals surface area contributed by atoms with Gasteiger partial charge in [0.25, 0.3) is 0 Å². The Hall–Kier alpha value is -3.45. The van der Waals surface area contributed by atoms with Gasteiger partial charge in [-0.05, 0) is 32.0 Å². The Kier molecular flexibility index (Phi) is 5.28. The van der Waals surface area contributed by atoms with Crippen LogP contribution >= 0.6 is 0 Å². The Labute approximate surface area is 162 Å². The Balaban J connectivity index is 2.00. The molecule has 0 bridgehead atoms. The van der Waals surface area contributed by atoms with Gasteiger partial charge >= 0.3 is 11.9 Å². The molecule has 0 saturated carbocycles. The third-order valence-corrected chi connectivity index (χ3v) is 4.50. The minimum absolute atomic E-state index is 0.00728. The SMILES string of the molecule is CCOC(=O)C1(C)C=C([NH2+]c2cccc(C(=O)[O-])c2)C(=O)N1c1ccccc1. The summed E-state index contributed by atoms with van der Waals surface area (Å²) >= 11 is 0. The van der Waals surface area contributed by atoms with Gasteiger partial charge in [0.15, 0.2) is 11.2 Å². The lowest BCUT2D eigenvalue weighted by atomic mass is 10.0. The third-order valence-electron chi connectivity index (χ3n) is 4.50. The maximum atomic E-state index is 13.1. The molecule has 2 aromatic carbocycles. The van der Waals surface area contributed by atoms with E-state index < -0.39 is 17.5 Å². The van der Waals surface area contributed by atoms with Crippen LogP contribution in [-0.4, -0.2) is 30.0 Å². The molecule has 0 fully saturated rings. The molecule has 28 heavy (non-hydrogen) atoms. The average Bonchev–Trinajstić information content (AvgIpc) is 2.94. The number of carboxylic acids is 1. The minimum atomic E-state index is -1.31. The van der Waals surface area contributed by atoms with Gasteiger partial charge in [-0.25, -0.2) is 4.79 Å². The van der Waals surface area contributed by atoms with Gasteiger partial charge in [-0.3, -0.25) is 15.0 Å². The first kappa shape index (κ1) is 19.3. The van der Waals surface area contributed by atoms with Crippen LogP contribution in [0, 0.1) is 0 Å². The number of hydrogen-bond donors (Lipinski definition) is 1. The molecule has 0 spiro atoms. The Bertz CT molecular complexity index is 954. The van der Waals surface area contributed by atoms with E-state index in [0.717, 1.165) is 0 Å². The second-order valence-electron chi connectivity index (χ2n) is 6.50. The lowest BCUT2D eigenvalue weighted by Gasteiger charge is -2.31. The highest BCUT2D eigenvalue weighted by Gasteiger charge is 2.51. The number of benzene rings is 2. The second-order valence-corrected chi connectivity index (χ2v) is 6.50. The summed E-state index contributed by atoms with van der Waals surface area (Å²) in [4.78, 5) is 38.3. The predicted octanol–water partition coefficient (Wildman–Crippen LogP) is 0.498. The number of amides is 1. The number of carbonyl (C=O) groups is 3. The number of anilines is 1. The summed E-state index contributed by atoms with van der Waals surface area (Å²) in [7, 11) is 0. The van der Waals surface area contributed by atoms with Crippen LogP contribution in [0.1, 0.15) is 24.2 Å². The van der Waals surface area contributed by atoms with Crippen molar-refractivity contribution < 1.29 is 29.5 Å². The molecule has 0 aromatic heterocycles. The van der Waals surface area contributed by atoms with E-state index in [0.29, 0.717) is 11.4 Å². The highest BCUT2D eigenvalue weighted by molar-refractivity contribution is 6.14. The normalized spacial score (nSPS) is 18.7. The topological polar surface area (TPSA) is 103 Å². The fourth-order valence-electron chi connectivity index (χ4n) is 3.20. The Morgan fingerprint density at radius 1 is 1.14 bits per heavy atom. The van der Waals surface area contributed by atoms with Crippen LogP contribution in [0.2, 0.25) is 0 Å². The van der Waals surface area contributed by atoms with Gasteiger partial charge in [0.05, 0.1) is 12.6 Å². The first-order valence-electron chi connectivity index (χ1n) is 8.82. The lowest BCUT2D eigenvalue weighted by Crippen LogP contribution is -2.77. The van der Waals surface area contributed by atoms with Gasteiger partial charge in [0, 0.05) is 23.4 Å². The maximum absolute atomic E-state index is 13.1. The fourth-order valence-corrected chi connectivity index (χ4v) is 3.20. The van der Waals surface area contributed by atoms with Crippen molar-refractivity contribution in [2.45, 2.75) is 19.4 Å². The molecule has 7 nitrogen and oxygen atoms in total. The van der Waals surface area contributed by atoms with Crippen molar-refractivity contribution >= 4 is 29.2 Å². The van der Waals surface area contributed by atoms with E-state index in [2.05, 4.69) is 0 Å². The highest BCUT2D eigenvalue weighted by Crippen LogP contribution is 2.33. The molecular weight excluding hydrogens is 360 g/mol. The highest BCUT2D eigenvalue weighted by atomic mass is 16.5. The number of nitrogens with zero attached hydrogens (tertiary/aromatic N) is 1. The zero-order valence-electron chi connectivity index (χ0n) is 15.5. The lowest BCUT2D eigenvalue weighted by molar-refractivity contribution is -0.510. The molecule has 1 unspecified atom stereocenters. The van der Waals surface area contributed by atoms with Crippen molar-refractivity contribution in [2.24, 2.45) is 0 Å². The molecule has 1 aliphatic rings. The first-order valence-corrected chi connectivity index (χ1v) is 8.82. The monoisotopic (exact) mass is 380 g/mol. The summed E-state index contributed by atoms with van der Waals surface area (Å²) in [6.45, 7) is 3.51. The molecule has 0 radical (unpaired) electrons. The van der Waals surface area contributed by atoms with E-state index >= 15 is 0 Å². The number of ether oxygens (including phenoxy) is 1. The van der Waals surface area contributed by atoms with E-state index in [-0.39, 0.29) is 23.8 Å². The minimum Gasteiger partial charge on any atom is -0.545 e. The van der Waals surface area contributed by atoms with Crippen molar-refractivity contribution in [1.29, 1.82) is 0 Å². The standard InChI is InChI=1S/C21H20N2O5/c1-3-28-20(27)21(2)13-17(18(24)23(21)16-10-5-4-6-11-16)22-15-9-7-8-14(12-15)19(25)26/h4-13,22H,3H2,1-2H3,(H,25,26). The summed E-state index contributed by atoms with van der Waals surface area (Å²) in [5, 5.41) is 12.6. The zero-order chi connectivity index (χ0) is 20.3. The Morgan fingerprint density at radius 2 is 1.86 bits per heavy atom. The smallest absolute Gasteiger partial charge is 0.336 e. The summed E-state index contributed by atoms with van der Waals surface area (Å²) in [6.07, 6.45) is 1.55. The van der Waals surface area contributed by atoms with Crippen molar-refractivity contribution in [3.05, 3.63) is 71.9 Å². The van der Waals surface area contributed by atoms with Crippen molar-refractivity contribution in [2.75, 3.05) is 11.5 Å². The molecule has 7 heteroatoms. The van der Waals surface area contributed by atoms with Crippen LogP contribution in [0.3, 0.4) is 0 Å². The fraction of sp³-hybridized carbons (Fsp3) is 0.190. The zero-order valence-corrected chi connectivity index (χ0v) is 15.5. The predicted molar refractivity (Wildman–Crippen MR) is 99.4 cm³/mol. The number of rotatable bonds is 6. The van der Waals surface area contributed by atoms with Crippen LogP contribution < -0.4 is 15.3 Å². The van der Waals surface area contributed by atoms with Gasteiger partial charge in [0.1, 0.15) is 5.69 Å². The quantitative estimate of drug-likeness (QED) is 0.581. The van der Waals surface area contributed by atoms with E-state index in [4.69, 9.17) is 4.74 Å². The van der Waals surface area contributed by atoms with Gasteiger partial charge < -0.3 is 14.6 Å². The second kappa shape index (κ2) is 7.66. The molecule has 144 valence electrons. The Morgan fingerprint density at radius 3 is 2.50 bits per heavy atom. The number of hydrogen-bond acceptors (Lipinski definition) is 5. The van der Waals surface area contributed by atoms with Gasteiger partial charge in [-0.15, -0.1) is 0 Å². The van der Waals surface area contributed by atoms with E-state index in [1.54, 1.807) is 61.6 Å². The molecular formula is C21H20N2O5. The third kappa shape index (κ3) is 3.52. The summed E-state index contributed by atoms with van der Waals surface area (Å²) in [5.74, 6) is -2.22. The summed E-state index contributed by atoms with van der Waals surface area (Å²) < 4.78 is 5.20.